The average Bonchev–Trinajstić information content (AvgIpc) is 3.01. The molecule has 2 aromatic carbocycles. The molecule has 0 amide bonds. The van der Waals surface area contributed by atoms with E-state index in [9.17, 15) is 8.42 Å². The summed E-state index contributed by atoms with van der Waals surface area (Å²) in [5, 5.41) is 4.29. The van der Waals surface area contributed by atoms with Gasteiger partial charge in [0, 0.05) is 12.3 Å². The van der Waals surface area contributed by atoms with Crippen LogP contribution in [0, 0.1) is 6.92 Å². The Morgan fingerprint density at radius 2 is 1.64 bits per heavy atom. The van der Waals surface area contributed by atoms with Crippen molar-refractivity contribution in [3.63, 3.8) is 0 Å². The normalized spacial score (nSPS) is 11.8. The van der Waals surface area contributed by atoms with E-state index in [2.05, 4.69) is 10.1 Å². The van der Waals surface area contributed by atoms with Crippen LogP contribution in [0.2, 0.25) is 0 Å². The summed E-state index contributed by atoms with van der Waals surface area (Å²) in [6, 6.07) is 16.5. The van der Waals surface area contributed by atoms with Crippen LogP contribution >= 0.6 is 0 Å². The Kier molecular flexibility index (Phi) is 4.72. The Bertz CT molecular complexity index is 960. The largest absolute Gasteiger partial charge is 0.284 e. The van der Waals surface area contributed by atoms with E-state index >= 15 is 0 Å². The standard InChI is InChI=1S/C19H21N3O2S/c1-14(2)19-20-18(13-16-7-5-4-6-8-16)22(21-19)25(23,24)17-11-9-15(3)10-12-17/h4-12,14H,13H2,1-3H3. The van der Waals surface area contributed by atoms with Crippen molar-refractivity contribution >= 4 is 10.0 Å². The summed E-state index contributed by atoms with van der Waals surface area (Å²) in [5.74, 6) is 1.00. The lowest BCUT2D eigenvalue weighted by atomic mass is 10.1. The summed E-state index contributed by atoms with van der Waals surface area (Å²) in [7, 11) is -3.78. The number of aromatic nitrogens is 3. The number of hydrogen-bond donors (Lipinski definition) is 0. The highest BCUT2D eigenvalue weighted by Gasteiger charge is 2.24. The van der Waals surface area contributed by atoms with Gasteiger partial charge >= 0.3 is 0 Å². The third-order valence-corrected chi connectivity index (χ3v) is 5.54. The maximum absolute atomic E-state index is 13.1. The van der Waals surface area contributed by atoms with Crippen LogP contribution in [-0.2, 0) is 16.4 Å². The molecule has 0 saturated heterocycles. The average molecular weight is 355 g/mol. The summed E-state index contributed by atoms with van der Waals surface area (Å²) in [5.41, 5.74) is 2.00. The molecular weight excluding hydrogens is 334 g/mol. The van der Waals surface area contributed by atoms with Gasteiger partial charge in [-0.15, -0.1) is 9.19 Å². The predicted molar refractivity (Wildman–Crippen MR) is 97.1 cm³/mol. The molecule has 6 heteroatoms. The van der Waals surface area contributed by atoms with Crippen LogP contribution in [0.4, 0.5) is 0 Å². The molecule has 0 unspecified atom stereocenters. The number of aryl methyl sites for hydroxylation is 1. The van der Waals surface area contributed by atoms with Gasteiger partial charge in [-0.1, -0.05) is 61.9 Å². The van der Waals surface area contributed by atoms with Gasteiger partial charge in [-0.05, 0) is 24.6 Å². The second-order valence-corrected chi connectivity index (χ2v) is 8.13. The molecule has 0 atom stereocenters. The second kappa shape index (κ2) is 6.80. The van der Waals surface area contributed by atoms with Crippen molar-refractivity contribution in [3.05, 3.63) is 77.4 Å². The number of benzene rings is 2. The predicted octanol–water partition coefficient (Wildman–Crippen LogP) is 3.54. The van der Waals surface area contributed by atoms with Crippen molar-refractivity contribution in [1.82, 2.24) is 14.2 Å². The summed E-state index contributed by atoms with van der Waals surface area (Å²) in [4.78, 5) is 4.70. The molecule has 0 fully saturated rings. The van der Waals surface area contributed by atoms with Crippen LogP contribution in [0.5, 0.6) is 0 Å². The molecule has 0 radical (unpaired) electrons. The van der Waals surface area contributed by atoms with E-state index in [1.54, 1.807) is 24.3 Å². The van der Waals surface area contributed by atoms with Crippen molar-refractivity contribution in [2.24, 2.45) is 0 Å². The number of hydrogen-bond acceptors (Lipinski definition) is 4. The molecule has 0 spiro atoms. The molecule has 1 aromatic heterocycles. The molecular formula is C19H21N3O2S. The lowest BCUT2D eigenvalue weighted by Gasteiger charge is -2.08. The van der Waals surface area contributed by atoms with Crippen molar-refractivity contribution in [2.45, 2.75) is 38.0 Å². The van der Waals surface area contributed by atoms with Gasteiger partial charge in [0.15, 0.2) is 5.82 Å². The molecule has 0 saturated carbocycles. The van der Waals surface area contributed by atoms with Crippen molar-refractivity contribution < 1.29 is 8.42 Å². The van der Waals surface area contributed by atoms with Crippen molar-refractivity contribution in [2.75, 3.05) is 0 Å². The minimum Gasteiger partial charge on any atom is -0.215 e. The van der Waals surface area contributed by atoms with Gasteiger partial charge in [0.05, 0.1) is 4.90 Å². The quantitative estimate of drug-likeness (QED) is 0.702. The minimum absolute atomic E-state index is 0.0454. The number of rotatable bonds is 5. The van der Waals surface area contributed by atoms with Crippen molar-refractivity contribution in [3.8, 4) is 0 Å². The van der Waals surface area contributed by atoms with E-state index in [1.807, 2.05) is 51.1 Å². The van der Waals surface area contributed by atoms with Crippen molar-refractivity contribution in [1.29, 1.82) is 0 Å². The van der Waals surface area contributed by atoms with E-state index in [-0.39, 0.29) is 10.8 Å². The Labute approximate surface area is 148 Å². The summed E-state index contributed by atoms with van der Waals surface area (Å²) < 4.78 is 27.2. The van der Waals surface area contributed by atoms with E-state index in [0.717, 1.165) is 15.2 Å². The zero-order valence-corrected chi connectivity index (χ0v) is 15.4. The monoisotopic (exact) mass is 355 g/mol. The molecule has 0 bridgehead atoms. The first-order chi connectivity index (χ1) is 11.9. The van der Waals surface area contributed by atoms with E-state index < -0.39 is 10.0 Å². The van der Waals surface area contributed by atoms with Crippen LogP contribution in [0.15, 0.2) is 59.5 Å². The van der Waals surface area contributed by atoms with Gasteiger partial charge in [-0.2, -0.15) is 8.42 Å². The van der Waals surface area contributed by atoms with Crippen LogP contribution in [0.25, 0.3) is 0 Å². The first-order valence-electron chi connectivity index (χ1n) is 8.20. The first kappa shape index (κ1) is 17.4. The summed E-state index contributed by atoms with van der Waals surface area (Å²) in [6.07, 6.45) is 0.408. The minimum atomic E-state index is -3.78. The highest BCUT2D eigenvalue weighted by atomic mass is 32.2. The van der Waals surface area contributed by atoms with Gasteiger partial charge in [-0.25, -0.2) is 4.98 Å². The fraction of sp³-hybridized carbons (Fsp3) is 0.263. The molecule has 0 N–H and O–H groups in total. The van der Waals surface area contributed by atoms with Gasteiger partial charge in [0.2, 0.25) is 0 Å². The van der Waals surface area contributed by atoms with E-state index in [1.165, 1.54) is 0 Å². The topological polar surface area (TPSA) is 64.8 Å². The fourth-order valence-corrected chi connectivity index (χ4v) is 3.73. The molecule has 130 valence electrons. The molecule has 0 aliphatic rings. The zero-order valence-electron chi connectivity index (χ0n) is 14.5. The summed E-state index contributed by atoms with van der Waals surface area (Å²) in [6.45, 7) is 5.82. The highest BCUT2D eigenvalue weighted by Crippen LogP contribution is 2.20. The van der Waals surface area contributed by atoms with Crippen LogP contribution < -0.4 is 0 Å². The zero-order chi connectivity index (χ0) is 18.0. The van der Waals surface area contributed by atoms with Gasteiger partial charge in [-0.3, -0.25) is 0 Å². The molecule has 0 aliphatic heterocycles. The Morgan fingerprint density at radius 3 is 2.24 bits per heavy atom. The molecule has 3 rings (SSSR count). The lowest BCUT2D eigenvalue weighted by Crippen LogP contribution is -2.18. The fourth-order valence-electron chi connectivity index (χ4n) is 2.48. The Balaban J connectivity index is 2.09. The SMILES string of the molecule is Cc1ccc(S(=O)(=O)n2nc(C(C)C)nc2Cc2ccccc2)cc1. The van der Waals surface area contributed by atoms with Gasteiger partial charge in [0.25, 0.3) is 10.0 Å². The van der Waals surface area contributed by atoms with Crippen LogP contribution in [0.1, 0.15) is 42.5 Å². The maximum atomic E-state index is 13.1. The molecule has 5 nitrogen and oxygen atoms in total. The molecule has 0 aliphatic carbocycles. The van der Waals surface area contributed by atoms with Gasteiger partial charge < -0.3 is 0 Å². The lowest BCUT2D eigenvalue weighted by molar-refractivity contribution is 0.575. The summed E-state index contributed by atoms with van der Waals surface area (Å²) >= 11 is 0. The molecule has 1 heterocycles. The van der Waals surface area contributed by atoms with E-state index in [0.29, 0.717) is 18.1 Å². The third kappa shape index (κ3) is 3.64. The number of nitrogens with zero attached hydrogens (tertiary/aromatic N) is 3. The van der Waals surface area contributed by atoms with E-state index in [4.69, 9.17) is 0 Å². The smallest absolute Gasteiger partial charge is 0.215 e. The van der Waals surface area contributed by atoms with Crippen LogP contribution in [0.3, 0.4) is 0 Å². The van der Waals surface area contributed by atoms with Gasteiger partial charge in [0.1, 0.15) is 5.82 Å². The maximum Gasteiger partial charge on any atom is 0.284 e. The van der Waals surface area contributed by atoms with Crippen LogP contribution in [-0.4, -0.2) is 22.6 Å². The first-order valence-corrected chi connectivity index (χ1v) is 9.64. The second-order valence-electron chi connectivity index (χ2n) is 6.36. The highest BCUT2D eigenvalue weighted by molar-refractivity contribution is 7.89. The Hall–Kier alpha value is -2.47. The third-order valence-electron chi connectivity index (χ3n) is 3.93. The Morgan fingerprint density at radius 1 is 1.00 bits per heavy atom. The molecule has 3 aromatic rings. The molecule has 25 heavy (non-hydrogen) atoms.